The lowest BCUT2D eigenvalue weighted by Crippen LogP contribution is -2.48. The molecule has 1 atom stereocenters. The van der Waals surface area contributed by atoms with E-state index >= 15 is 0 Å². The Hall–Kier alpha value is -1.90. The van der Waals surface area contributed by atoms with Crippen LogP contribution in [0.1, 0.15) is 5.69 Å². The van der Waals surface area contributed by atoms with Crippen molar-refractivity contribution in [1.82, 2.24) is 15.3 Å². The van der Waals surface area contributed by atoms with Crippen LogP contribution in [0.15, 0.2) is 12.3 Å². The molecular weight excluding hydrogens is 291 g/mol. The number of carboxylic acid groups (broad SMARTS) is 1. The average molecular weight is 298 g/mol. The number of carbonyl (C=O) groups is 2. The number of alkyl halides is 3. The van der Waals surface area contributed by atoms with Crippen molar-refractivity contribution in [2.24, 2.45) is 0 Å². The van der Waals surface area contributed by atoms with Crippen LogP contribution in [-0.4, -0.2) is 39.2 Å². The first-order valence-corrected chi connectivity index (χ1v) is 5.16. The first kappa shape index (κ1) is 15.2. The Morgan fingerprint density at radius 3 is 2.58 bits per heavy atom. The molecule has 0 aliphatic heterocycles. The summed E-state index contributed by atoms with van der Waals surface area (Å²) < 4.78 is 36.1. The number of carbonyl (C=O) groups excluding carboxylic acids is 1. The SMILES string of the molecule is O=C(O)C(Cc1ccnc(Cl)n1)NC(=O)C(F)(F)F. The molecule has 1 amide bonds. The second kappa shape index (κ2) is 5.83. The monoisotopic (exact) mass is 297 g/mol. The summed E-state index contributed by atoms with van der Waals surface area (Å²) >= 11 is 5.45. The van der Waals surface area contributed by atoms with Crippen LogP contribution in [-0.2, 0) is 16.0 Å². The van der Waals surface area contributed by atoms with Crippen LogP contribution in [0.4, 0.5) is 13.2 Å². The molecule has 0 aromatic carbocycles. The number of nitrogens with zero attached hydrogens (tertiary/aromatic N) is 2. The van der Waals surface area contributed by atoms with Gasteiger partial charge >= 0.3 is 18.1 Å². The van der Waals surface area contributed by atoms with E-state index in [9.17, 15) is 22.8 Å². The third-order valence-electron chi connectivity index (χ3n) is 1.96. The van der Waals surface area contributed by atoms with Gasteiger partial charge in [-0.3, -0.25) is 4.79 Å². The molecule has 1 rings (SSSR count). The molecule has 1 aromatic heterocycles. The van der Waals surface area contributed by atoms with Gasteiger partial charge < -0.3 is 10.4 Å². The molecular formula is C9H7ClF3N3O3. The van der Waals surface area contributed by atoms with E-state index in [-0.39, 0.29) is 11.0 Å². The van der Waals surface area contributed by atoms with Crippen LogP contribution in [0.25, 0.3) is 0 Å². The highest BCUT2D eigenvalue weighted by atomic mass is 35.5. The van der Waals surface area contributed by atoms with Crippen molar-refractivity contribution in [3.63, 3.8) is 0 Å². The van der Waals surface area contributed by atoms with Gasteiger partial charge in [-0.25, -0.2) is 14.8 Å². The second-order valence-electron chi connectivity index (χ2n) is 3.38. The molecule has 104 valence electrons. The van der Waals surface area contributed by atoms with E-state index < -0.39 is 30.5 Å². The second-order valence-corrected chi connectivity index (χ2v) is 3.72. The van der Waals surface area contributed by atoms with Gasteiger partial charge in [-0.2, -0.15) is 13.2 Å². The average Bonchev–Trinajstić information content (AvgIpc) is 2.26. The molecule has 10 heteroatoms. The van der Waals surface area contributed by atoms with Crippen LogP contribution < -0.4 is 5.32 Å². The Morgan fingerprint density at radius 1 is 1.47 bits per heavy atom. The summed E-state index contributed by atoms with van der Waals surface area (Å²) in [6.45, 7) is 0. The Morgan fingerprint density at radius 2 is 2.11 bits per heavy atom. The Labute approximate surface area is 109 Å². The molecule has 6 nitrogen and oxygen atoms in total. The van der Waals surface area contributed by atoms with E-state index in [2.05, 4.69) is 9.97 Å². The zero-order chi connectivity index (χ0) is 14.6. The van der Waals surface area contributed by atoms with Gasteiger partial charge in [0, 0.05) is 18.3 Å². The van der Waals surface area contributed by atoms with Crippen molar-refractivity contribution in [1.29, 1.82) is 0 Å². The fourth-order valence-corrected chi connectivity index (χ4v) is 1.30. The normalized spacial score (nSPS) is 12.8. The topological polar surface area (TPSA) is 92.2 Å². The Kier molecular flexibility index (Phi) is 4.65. The van der Waals surface area contributed by atoms with Crippen molar-refractivity contribution in [3.8, 4) is 0 Å². The van der Waals surface area contributed by atoms with Gasteiger partial charge in [-0.15, -0.1) is 0 Å². The van der Waals surface area contributed by atoms with E-state index in [4.69, 9.17) is 16.7 Å². The van der Waals surface area contributed by atoms with Crippen molar-refractivity contribution >= 4 is 23.5 Å². The van der Waals surface area contributed by atoms with Crippen LogP contribution in [0.2, 0.25) is 5.28 Å². The number of rotatable bonds is 4. The summed E-state index contributed by atoms with van der Waals surface area (Å²) in [6.07, 6.45) is -4.38. The summed E-state index contributed by atoms with van der Waals surface area (Å²) in [5.74, 6) is -3.95. The Balaban J connectivity index is 2.80. The van der Waals surface area contributed by atoms with Gasteiger partial charge in [-0.05, 0) is 17.7 Å². The number of halogens is 4. The first-order valence-electron chi connectivity index (χ1n) is 4.78. The van der Waals surface area contributed by atoms with Crippen LogP contribution in [0, 0.1) is 0 Å². The summed E-state index contributed by atoms with van der Waals surface area (Å²) in [5.41, 5.74) is 0.0925. The summed E-state index contributed by atoms with van der Waals surface area (Å²) in [7, 11) is 0. The van der Waals surface area contributed by atoms with Gasteiger partial charge in [0.05, 0.1) is 0 Å². The first-order chi connectivity index (χ1) is 8.70. The Bertz CT molecular complexity index is 495. The molecule has 0 radical (unpaired) electrons. The fraction of sp³-hybridized carbons (Fsp3) is 0.333. The number of hydrogen-bond donors (Lipinski definition) is 2. The highest BCUT2D eigenvalue weighted by molar-refractivity contribution is 6.28. The van der Waals surface area contributed by atoms with Gasteiger partial charge in [0.15, 0.2) is 0 Å². The minimum Gasteiger partial charge on any atom is -0.480 e. The quantitative estimate of drug-likeness (QED) is 0.802. The lowest BCUT2D eigenvalue weighted by Gasteiger charge is -2.15. The molecule has 1 aromatic rings. The van der Waals surface area contributed by atoms with E-state index in [1.807, 2.05) is 0 Å². The molecule has 0 saturated heterocycles. The number of nitrogens with one attached hydrogen (secondary N) is 1. The summed E-state index contributed by atoms with van der Waals surface area (Å²) in [4.78, 5) is 28.6. The van der Waals surface area contributed by atoms with E-state index in [0.29, 0.717) is 0 Å². The number of aliphatic carboxylic acids is 1. The lowest BCUT2D eigenvalue weighted by atomic mass is 10.1. The zero-order valence-electron chi connectivity index (χ0n) is 9.11. The molecule has 0 fully saturated rings. The maximum atomic E-state index is 12.0. The number of hydrogen-bond acceptors (Lipinski definition) is 4. The minimum absolute atomic E-state index is 0.0925. The molecule has 0 bridgehead atoms. The van der Waals surface area contributed by atoms with Crippen molar-refractivity contribution in [2.75, 3.05) is 0 Å². The predicted molar refractivity (Wildman–Crippen MR) is 56.4 cm³/mol. The van der Waals surface area contributed by atoms with Crippen LogP contribution in [0.5, 0.6) is 0 Å². The fourth-order valence-electron chi connectivity index (χ4n) is 1.13. The zero-order valence-corrected chi connectivity index (χ0v) is 9.87. The van der Waals surface area contributed by atoms with Gasteiger partial charge in [0.2, 0.25) is 5.28 Å². The number of aromatic nitrogens is 2. The van der Waals surface area contributed by atoms with E-state index in [1.165, 1.54) is 17.6 Å². The molecule has 2 N–H and O–H groups in total. The van der Waals surface area contributed by atoms with Crippen LogP contribution in [0.3, 0.4) is 0 Å². The maximum Gasteiger partial charge on any atom is 0.471 e. The smallest absolute Gasteiger partial charge is 0.471 e. The highest BCUT2D eigenvalue weighted by Crippen LogP contribution is 2.15. The van der Waals surface area contributed by atoms with Crippen LogP contribution >= 0.6 is 11.6 Å². The molecule has 0 aliphatic rings. The summed E-state index contributed by atoms with van der Waals surface area (Å²) in [6, 6.07) is -0.484. The maximum absolute atomic E-state index is 12.0. The molecule has 0 saturated carbocycles. The number of amides is 1. The summed E-state index contributed by atoms with van der Waals surface area (Å²) in [5, 5.41) is 9.94. The third-order valence-corrected chi connectivity index (χ3v) is 2.14. The molecule has 1 unspecified atom stereocenters. The molecule has 1 heterocycles. The van der Waals surface area contributed by atoms with E-state index in [0.717, 1.165) is 0 Å². The molecule has 0 aliphatic carbocycles. The van der Waals surface area contributed by atoms with Gasteiger partial charge in [-0.1, -0.05) is 0 Å². The van der Waals surface area contributed by atoms with Crippen molar-refractivity contribution in [2.45, 2.75) is 18.6 Å². The largest absolute Gasteiger partial charge is 0.480 e. The number of carboxylic acids is 1. The molecule has 0 spiro atoms. The minimum atomic E-state index is -5.16. The molecule has 19 heavy (non-hydrogen) atoms. The standard InChI is InChI=1S/C9H7ClF3N3O3/c10-8-14-2-1-4(15-8)3-5(6(17)18)16-7(19)9(11,12)13/h1-2,5H,3H2,(H,16,19)(H,17,18). The van der Waals surface area contributed by atoms with Crippen molar-refractivity contribution in [3.05, 3.63) is 23.2 Å². The predicted octanol–water partition coefficient (Wildman–Crippen LogP) is 0.804. The highest BCUT2D eigenvalue weighted by Gasteiger charge is 2.40. The van der Waals surface area contributed by atoms with E-state index in [1.54, 1.807) is 0 Å². The van der Waals surface area contributed by atoms with Gasteiger partial charge in [0.1, 0.15) is 6.04 Å². The third kappa shape index (κ3) is 4.70. The van der Waals surface area contributed by atoms with Crippen molar-refractivity contribution < 1.29 is 27.9 Å². The lowest BCUT2D eigenvalue weighted by molar-refractivity contribution is -0.175. The van der Waals surface area contributed by atoms with Gasteiger partial charge in [0.25, 0.3) is 0 Å².